The molecule has 1 aromatic rings. The van der Waals surface area contributed by atoms with Crippen LogP contribution >= 0.6 is 11.3 Å². The number of rotatable bonds is 6. The molecule has 0 bridgehead atoms. The summed E-state index contributed by atoms with van der Waals surface area (Å²) in [7, 11) is 0. The smallest absolute Gasteiger partial charge is 0.347 e. The molecule has 2 fully saturated rings. The molecule has 1 saturated heterocycles. The van der Waals surface area contributed by atoms with Crippen LogP contribution in [0.1, 0.15) is 46.1 Å². The van der Waals surface area contributed by atoms with Crippen molar-refractivity contribution in [3.8, 4) is 0 Å². The number of aromatic carboxylic acids is 1. The van der Waals surface area contributed by atoms with Crippen molar-refractivity contribution in [1.82, 2.24) is 14.8 Å². The van der Waals surface area contributed by atoms with Gasteiger partial charge in [0.25, 0.3) is 0 Å². The number of carboxylic acid groups (broad SMARTS) is 1. The molecule has 0 radical (unpaired) electrons. The number of aromatic nitrogens is 1. The van der Waals surface area contributed by atoms with Gasteiger partial charge in [0.2, 0.25) is 0 Å². The second kappa shape index (κ2) is 6.42. The summed E-state index contributed by atoms with van der Waals surface area (Å²) >= 11 is 1.38. The second-order valence-electron chi connectivity index (χ2n) is 5.93. The van der Waals surface area contributed by atoms with Crippen molar-refractivity contribution in [2.45, 2.75) is 32.1 Å². The van der Waals surface area contributed by atoms with E-state index in [1.54, 1.807) is 0 Å². The third-order valence-electron chi connectivity index (χ3n) is 4.41. The van der Waals surface area contributed by atoms with E-state index in [0.717, 1.165) is 69.2 Å². The molecule has 2 heterocycles. The summed E-state index contributed by atoms with van der Waals surface area (Å²) in [6.07, 6.45) is 3.08. The molecule has 21 heavy (non-hydrogen) atoms. The van der Waals surface area contributed by atoms with E-state index in [4.69, 9.17) is 0 Å². The summed E-state index contributed by atoms with van der Waals surface area (Å²) < 4.78 is 0. The molecular weight excluding hydrogens is 286 g/mol. The molecule has 2 aliphatic rings. The molecule has 0 aromatic carbocycles. The van der Waals surface area contributed by atoms with Crippen LogP contribution in [0.15, 0.2) is 0 Å². The van der Waals surface area contributed by atoms with E-state index in [-0.39, 0.29) is 0 Å². The third-order valence-corrected chi connectivity index (χ3v) is 5.53. The molecule has 116 valence electrons. The standard InChI is InChI=1S/C15H23N3O2S/c1-2-17-7-9-18(10-8-17)6-5-12-16-13(11-3-4-11)14(21-12)15(19)20/h11H,2-10H2,1H3,(H,19,20). The fourth-order valence-corrected chi connectivity index (χ4v) is 3.83. The van der Waals surface area contributed by atoms with Crippen LogP contribution < -0.4 is 0 Å². The average Bonchev–Trinajstić information content (AvgIpc) is 3.25. The van der Waals surface area contributed by atoms with Gasteiger partial charge in [-0.25, -0.2) is 9.78 Å². The number of carbonyl (C=O) groups is 1. The Hall–Kier alpha value is -0.980. The maximum absolute atomic E-state index is 11.3. The van der Waals surface area contributed by atoms with Crippen molar-refractivity contribution in [3.63, 3.8) is 0 Å². The van der Waals surface area contributed by atoms with Gasteiger partial charge in [-0.3, -0.25) is 0 Å². The van der Waals surface area contributed by atoms with Crippen LogP contribution in [0, 0.1) is 0 Å². The molecular formula is C15H23N3O2S. The maximum atomic E-state index is 11.3. The topological polar surface area (TPSA) is 56.7 Å². The Balaban J connectivity index is 1.56. The van der Waals surface area contributed by atoms with Crippen LogP contribution in [0.5, 0.6) is 0 Å². The molecule has 1 aromatic heterocycles. The summed E-state index contributed by atoms with van der Waals surface area (Å²) in [5.74, 6) is -0.397. The first-order chi connectivity index (χ1) is 10.2. The number of piperazine rings is 1. The van der Waals surface area contributed by atoms with Gasteiger partial charge in [0.05, 0.1) is 10.7 Å². The minimum absolute atomic E-state index is 0.411. The largest absolute Gasteiger partial charge is 0.477 e. The zero-order valence-electron chi connectivity index (χ0n) is 12.5. The molecule has 6 heteroatoms. The van der Waals surface area contributed by atoms with Gasteiger partial charge in [-0.1, -0.05) is 6.92 Å². The molecule has 1 aliphatic carbocycles. The van der Waals surface area contributed by atoms with Gasteiger partial charge in [0.15, 0.2) is 0 Å². The van der Waals surface area contributed by atoms with Crippen molar-refractivity contribution in [3.05, 3.63) is 15.6 Å². The quantitative estimate of drug-likeness (QED) is 0.870. The van der Waals surface area contributed by atoms with E-state index in [9.17, 15) is 9.90 Å². The number of hydrogen-bond acceptors (Lipinski definition) is 5. The van der Waals surface area contributed by atoms with E-state index < -0.39 is 5.97 Å². The molecule has 3 rings (SSSR count). The Labute approximate surface area is 129 Å². The molecule has 0 spiro atoms. The Morgan fingerprint density at radius 1 is 1.29 bits per heavy atom. The monoisotopic (exact) mass is 309 g/mol. The first-order valence-corrected chi connectivity index (χ1v) is 8.66. The molecule has 1 aliphatic heterocycles. The molecule has 1 saturated carbocycles. The fraction of sp³-hybridized carbons (Fsp3) is 0.733. The lowest BCUT2D eigenvalue weighted by Crippen LogP contribution is -2.46. The molecule has 1 N–H and O–H groups in total. The molecule has 0 atom stereocenters. The summed E-state index contributed by atoms with van der Waals surface area (Å²) in [5.41, 5.74) is 0.846. The molecule has 5 nitrogen and oxygen atoms in total. The lowest BCUT2D eigenvalue weighted by atomic mass is 10.2. The van der Waals surface area contributed by atoms with E-state index in [2.05, 4.69) is 21.7 Å². The molecule has 0 amide bonds. The second-order valence-corrected chi connectivity index (χ2v) is 7.01. The highest BCUT2D eigenvalue weighted by molar-refractivity contribution is 7.13. The van der Waals surface area contributed by atoms with Crippen LogP contribution in [0.25, 0.3) is 0 Å². The van der Waals surface area contributed by atoms with Crippen LogP contribution in [-0.2, 0) is 6.42 Å². The summed E-state index contributed by atoms with van der Waals surface area (Å²) in [6, 6.07) is 0. The zero-order chi connectivity index (χ0) is 14.8. The summed E-state index contributed by atoms with van der Waals surface area (Å²) in [5, 5.41) is 10.3. The van der Waals surface area contributed by atoms with Gasteiger partial charge >= 0.3 is 5.97 Å². The van der Waals surface area contributed by atoms with Crippen LogP contribution in [0.2, 0.25) is 0 Å². The van der Waals surface area contributed by atoms with E-state index in [0.29, 0.717) is 10.8 Å². The van der Waals surface area contributed by atoms with Gasteiger partial charge in [-0.2, -0.15) is 0 Å². The highest BCUT2D eigenvalue weighted by atomic mass is 32.1. The first-order valence-electron chi connectivity index (χ1n) is 7.85. The highest BCUT2D eigenvalue weighted by Crippen LogP contribution is 2.42. The van der Waals surface area contributed by atoms with Crippen molar-refractivity contribution in [2.75, 3.05) is 39.3 Å². The Morgan fingerprint density at radius 3 is 2.52 bits per heavy atom. The maximum Gasteiger partial charge on any atom is 0.347 e. The van der Waals surface area contributed by atoms with Gasteiger partial charge in [-0.15, -0.1) is 11.3 Å². The van der Waals surface area contributed by atoms with Crippen molar-refractivity contribution >= 4 is 17.3 Å². The van der Waals surface area contributed by atoms with E-state index in [1.165, 1.54) is 11.3 Å². The van der Waals surface area contributed by atoms with Gasteiger partial charge in [0.1, 0.15) is 4.88 Å². The van der Waals surface area contributed by atoms with Gasteiger partial charge < -0.3 is 14.9 Å². The lowest BCUT2D eigenvalue weighted by Gasteiger charge is -2.33. The normalized spacial score (nSPS) is 20.8. The van der Waals surface area contributed by atoms with Crippen LogP contribution in [0.3, 0.4) is 0 Å². The SMILES string of the molecule is CCN1CCN(CCc2nc(C3CC3)c(C(=O)O)s2)CC1. The Kier molecular flexibility index (Phi) is 4.57. The van der Waals surface area contributed by atoms with Crippen LogP contribution in [0.4, 0.5) is 0 Å². The number of thiazole rings is 1. The van der Waals surface area contributed by atoms with E-state index >= 15 is 0 Å². The highest BCUT2D eigenvalue weighted by Gasteiger charge is 2.32. The predicted molar refractivity (Wildman–Crippen MR) is 83.3 cm³/mol. The zero-order valence-corrected chi connectivity index (χ0v) is 13.4. The minimum Gasteiger partial charge on any atom is -0.477 e. The van der Waals surface area contributed by atoms with Crippen molar-refractivity contribution in [2.24, 2.45) is 0 Å². The van der Waals surface area contributed by atoms with Gasteiger partial charge in [0, 0.05) is 45.1 Å². The number of likely N-dealkylation sites (N-methyl/N-ethyl adjacent to an activating group) is 1. The number of carboxylic acids is 1. The Morgan fingerprint density at radius 2 is 1.95 bits per heavy atom. The summed E-state index contributed by atoms with van der Waals surface area (Å²) in [6.45, 7) is 8.84. The third kappa shape index (κ3) is 3.62. The van der Waals surface area contributed by atoms with Crippen molar-refractivity contribution in [1.29, 1.82) is 0 Å². The average molecular weight is 309 g/mol. The lowest BCUT2D eigenvalue weighted by molar-refractivity contribution is 0.0700. The number of nitrogens with zero attached hydrogens (tertiary/aromatic N) is 3. The Bertz CT molecular complexity index is 505. The van der Waals surface area contributed by atoms with E-state index in [1.807, 2.05) is 0 Å². The van der Waals surface area contributed by atoms with Crippen molar-refractivity contribution < 1.29 is 9.90 Å². The minimum atomic E-state index is -0.808. The van der Waals surface area contributed by atoms with Crippen LogP contribution in [-0.4, -0.2) is 65.1 Å². The number of hydrogen-bond donors (Lipinski definition) is 1. The predicted octanol–water partition coefficient (Wildman–Crippen LogP) is 1.90. The fourth-order valence-electron chi connectivity index (χ4n) is 2.85. The molecule has 0 unspecified atom stereocenters. The first kappa shape index (κ1) is 14.9. The van der Waals surface area contributed by atoms with Gasteiger partial charge in [-0.05, 0) is 19.4 Å². The summed E-state index contributed by atoms with van der Waals surface area (Å²) in [4.78, 5) is 21.3.